The number of nitrogens with zero attached hydrogens (tertiary/aromatic N) is 1. The van der Waals surface area contributed by atoms with Crippen LogP contribution in [-0.2, 0) is 11.2 Å². The number of pyridine rings is 1. The predicted octanol–water partition coefficient (Wildman–Crippen LogP) is 1.52. The molecule has 0 fully saturated rings. The number of carbonyl (C=O) groups excluding carboxylic acids is 1. The SMILES string of the molecule is CCc1cc(C)cnc1NC=O. The average molecular weight is 164 g/mol. The molecule has 0 unspecified atom stereocenters. The number of aryl methyl sites for hydroxylation is 2. The van der Waals surface area contributed by atoms with Gasteiger partial charge in [0.25, 0.3) is 0 Å². The first kappa shape index (κ1) is 8.71. The zero-order valence-corrected chi connectivity index (χ0v) is 7.29. The van der Waals surface area contributed by atoms with Gasteiger partial charge in [0.1, 0.15) is 5.82 Å². The highest BCUT2D eigenvalue weighted by Crippen LogP contribution is 2.13. The first-order valence-corrected chi connectivity index (χ1v) is 3.93. The molecule has 1 amide bonds. The van der Waals surface area contributed by atoms with Crippen LogP contribution >= 0.6 is 0 Å². The Morgan fingerprint density at radius 2 is 2.42 bits per heavy atom. The largest absolute Gasteiger partial charge is 0.313 e. The molecule has 0 saturated heterocycles. The summed E-state index contributed by atoms with van der Waals surface area (Å²) < 4.78 is 0. The lowest BCUT2D eigenvalue weighted by Gasteiger charge is -2.04. The molecular formula is C9H12N2O. The molecule has 12 heavy (non-hydrogen) atoms. The molecule has 3 heteroatoms. The number of hydrogen-bond donors (Lipinski definition) is 1. The zero-order chi connectivity index (χ0) is 8.97. The van der Waals surface area contributed by atoms with Crippen molar-refractivity contribution < 1.29 is 4.79 Å². The fourth-order valence-electron chi connectivity index (χ4n) is 1.09. The number of hydrogen-bond acceptors (Lipinski definition) is 2. The zero-order valence-electron chi connectivity index (χ0n) is 7.29. The van der Waals surface area contributed by atoms with Gasteiger partial charge in [0.2, 0.25) is 6.41 Å². The van der Waals surface area contributed by atoms with Gasteiger partial charge in [-0.1, -0.05) is 13.0 Å². The Morgan fingerprint density at radius 3 is 3.00 bits per heavy atom. The molecule has 0 aromatic carbocycles. The molecule has 1 aromatic rings. The van der Waals surface area contributed by atoms with Crippen molar-refractivity contribution in [3.8, 4) is 0 Å². The first-order valence-electron chi connectivity index (χ1n) is 3.93. The van der Waals surface area contributed by atoms with E-state index in [1.807, 2.05) is 19.9 Å². The highest BCUT2D eigenvalue weighted by atomic mass is 16.1. The highest BCUT2D eigenvalue weighted by Gasteiger charge is 2.00. The fraction of sp³-hybridized carbons (Fsp3) is 0.333. The van der Waals surface area contributed by atoms with Crippen molar-refractivity contribution in [1.82, 2.24) is 4.98 Å². The van der Waals surface area contributed by atoms with E-state index in [9.17, 15) is 4.79 Å². The molecule has 1 heterocycles. The van der Waals surface area contributed by atoms with Gasteiger partial charge in [-0.2, -0.15) is 0 Å². The molecule has 0 aliphatic heterocycles. The van der Waals surface area contributed by atoms with E-state index in [0.29, 0.717) is 12.2 Å². The molecular weight excluding hydrogens is 152 g/mol. The summed E-state index contributed by atoms with van der Waals surface area (Å²) >= 11 is 0. The molecule has 1 rings (SSSR count). The Balaban J connectivity index is 3.01. The van der Waals surface area contributed by atoms with Crippen molar-refractivity contribution in [3.63, 3.8) is 0 Å². The summed E-state index contributed by atoms with van der Waals surface area (Å²) in [7, 11) is 0. The van der Waals surface area contributed by atoms with E-state index in [-0.39, 0.29) is 0 Å². The molecule has 0 atom stereocenters. The molecule has 0 radical (unpaired) electrons. The first-order chi connectivity index (χ1) is 5.77. The highest BCUT2D eigenvalue weighted by molar-refractivity contribution is 5.70. The lowest BCUT2D eigenvalue weighted by atomic mass is 10.1. The summed E-state index contributed by atoms with van der Waals surface area (Å²) in [6.07, 6.45) is 3.27. The number of rotatable bonds is 3. The summed E-state index contributed by atoms with van der Waals surface area (Å²) in [6, 6.07) is 2.03. The van der Waals surface area contributed by atoms with Crippen LogP contribution in [0.4, 0.5) is 5.82 Å². The summed E-state index contributed by atoms with van der Waals surface area (Å²) in [5, 5.41) is 2.56. The van der Waals surface area contributed by atoms with Crippen molar-refractivity contribution in [2.75, 3.05) is 5.32 Å². The van der Waals surface area contributed by atoms with Crippen molar-refractivity contribution in [3.05, 3.63) is 23.4 Å². The summed E-state index contributed by atoms with van der Waals surface area (Å²) in [5.41, 5.74) is 2.19. The van der Waals surface area contributed by atoms with Crippen LogP contribution in [0.1, 0.15) is 18.1 Å². The van der Waals surface area contributed by atoms with Gasteiger partial charge in [-0.3, -0.25) is 4.79 Å². The third-order valence-corrected chi connectivity index (χ3v) is 1.68. The van der Waals surface area contributed by atoms with Crippen LogP contribution in [0.15, 0.2) is 12.3 Å². The van der Waals surface area contributed by atoms with Gasteiger partial charge >= 0.3 is 0 Å². The summed E-state index contributed by atoms with van der Waals surface area (Å²) in [6.45, 7) is 4.02. The number of carbonyl (C=O) groups is 1. The number of amides is 1. The molecule has 0 bridgehead atoms. The van der Waals surface area contributed by atoms with Gasteiger partial charge < -0.3 is 5.32 Å². The number of anilines is 1. The normalized spacial score (nSPS) is 9.50. The molecule has 0 aliphatic carbocycles. The minimum Gasteiger partial charge on any atom is -0.313 e. The molecule has 64 valence electrons. The maximum atomic E-state index is 10.2. The van der Waals surface area contributed by atoms with Crippen LogP contribution < -0.4 is 5.32 Å². The summed E-state index contributed by atoms with van der Waals surface area (Å²) in [4.78, 5) is 14.3. The van der Waals surface area contributed by atoms with E-state index in [2.05, 4.69) is 10.3 Å². The van der Waals surface area contributed by atoms with Crippen LogP contribution in [0.2, 0.25) is 0 Å². The second-order valence-electron chi connectivity index (χ2n) is 2.64. The minimum atomic E-state index is 0.650. The molecule has 3 nitrogen and oxygen atoms in total. The molecule has 1 N–H and O–H groups in total. The van der Waals surface area contributed by atoms with Gasteiger partial charge in [-0.05, 0) is 24.5 Å². The molecule has 0 saturated carbocycles. The fourth-order valence-corrected chi connectivity index (χ4v) is 1.09. The maximum Gasteiger partial charge on any atom is 0.212 e. The quantitative estimate of drug-likeness (QED) is 0.688. The maximum absolute atomic E-state index is 10.2. The average Bonchev–Trinajstić information content (AvgIpc) is 2.08. The van der Waals surface area contributed by atoms with Crippen LogP contribution in [0.25, 0.3) is 0 Å². The standard InChI is InChI=1S/C9H12N2O/c1-3-8-4-7(2)5-10-9(8)11-6-12/h4-6H,3H2,1-2H3,(H,10,11,12). The summed E-state index contributed by atoms with van der Waals surface area (Å²) in [5.74, 6) is 0.665. The van der Waals surface area contributed by atoms with Crippen molar-refractivity contribution in [2.24, 2.45) is 0 Å². The van der Waals surface area contributed by atoms with Gasteiger partial charge in [0.15, 0.2) is 0 Å². The lowest BCUT2D eigenvalue weighted by Crippen LogP contribution is -2.01. The Hall–Kier alpha value is -1.38. The van der Waals surface area contributed by atoms with E-state index in [1.165, 1.54) is 0 Å². The molecule has 1 aromatic heterocycles. The van der Waals surface area contributed by atoms with Crippen LogP contribution in [0.3, 0.4) is 0 Å². The van der Waals surface area contributed by atoms with Crippen LogP contribution in [-0.4, -0.2) is 11.4 Å². The van der Waals surface area contributed by atoms with E-state index in [4.69, 9.17) is 0 Å². The van der Waals surface area contributed by atoms with Crippen molar-refractivity contribution in [2.45, 2.75) is 20.3 Å². The smallest absolute Gasteiger partial charge is 0.212 e. The third kappa shape index (κ3) is 1.81. The number of aromatic nitrogens is 1. The van der Waals surface area contributed by atoms with Gasteiger partial charge in [-0.15, -0.1) is 0 Å². The number of nitrogens with one attached hydrogen (secondary N) is 1. The third-order valence-electron chi connectivity index (χ3n) is 1.68. The van der Waals surface area contributed by atoms with Gasteiger partial charge in [0, 0.05) is 6.20 Å². The predicted molar refractivity (Wildman–Crippen MR) is 48.0 cm³/mol. The second-order valence-corrected chi connectivity index (χ2v) is 2.64. The molecule has 0 spiro atoms. The van der Waals surface area contributed by atoms with Crippen molar-refractivity contribution in [1.29, 1.82) is 0 Å². The van der Waals surface area contributed by atoms with E-state index >= 15 is 0 Å². The lowest BCUT2D eigenvalue weighted by molar-refractivity contribution is -0.105. The van der Waals surface area contributed by atoms with E-state index in [1.54, 1.807) is 6.20 Å². The van der Waals surface area contributed by atoms with Crippen molar-refractivity contribution >= 4 is 12.2 Å². The van der Waals surface area contributed by atoms with Crippen LogP contribution in [0, 0.1) is 6.92 Å². The monoisotopic (exact) mass is 164 g/mol. The Kier molecular flexibility index (Phi) is 2.80. The Morgan fingerprint density at radius 1 is 1.67 bits per heavy atom. The van der Waals surface area contributed by atoms with Crippen LogP contribution in [0.5, 0.6) is 0 Å². The second kappa shape index (κ2) is 3.85. The van der Waals surface area contributed by atoms with E-state index in [0.717, 1.165) is 17.5 Å². The van der Waals surface area contributed by atoms with Gasteiger partial charge in [0.05, 0.1) is 0 Å². The minimum absolute atomic E-state index is 0.650. The topological polar surface area (TPSA) is 42.0 Å². The Labute approximate surface area is 71.8 Å². The Bertz CT molecular complexity index is 284. The van der Waals surface area contributed by atoms with E-state index < -0.39 is 0 Å². The molecule has 0 aliphatic rings. The van der Waals surface area contributed by atoms with Gasteiger partial charge in [-0.25, -0.2) is 4.98 Å².